The van der Waals surface area contributed by atoms with Gasteiger partial charge in [-0.05, 0) is 24.3 Å². The minimum atomic E-state index is -0.0139. The highest BCUT2D eigenvalue weighted by atomic mass is 14.8. The summed E-state index contributed by atoms with van der Waals surface area (Å²) >= 11 is 0. The predicted octanol–water partition coefficient (Wildman–Crippen LogP) is 3.47. The van der Waals surface area contributed by atoms with Crippen LogP contribution in [0.25, 0.3) is 0 Å². The van der Waals surface area contributed by atoms with E-state index >= 15 is 0 Å². The van der Waals surface area contributed by atoms with E-state index in [0.717, 1.165) is 12.1 Å². The summed E-state index contributed by atoms with van der Waals surface area (Å²) in [6.07, 6.45) is 9.41. The molecule has 0 amide bonds. The number of aliphatic imine (C=N–C) groups is 1. The molecule has 0 aromatic heterocycles. The van der Waals surface area contributed by atoms with E-state index < -0.39 is 0 Å². The maximum Gasteiger partial charge on any atom is 0.0400 e. The maximum absolute atomic E-state index is 5.63. The Labute approximate surface area is 105 Å². The average molecular weight is 232 g/mol. The summed E-state index contributed by atoms with van der Waals surface area (Å²) in [6.45, 7) is 12.6. The van der Waals surface area contributed by atoms with Crippen molar-refractivity contribution in [2.75, 3.05) is 0 Å². The molecule has 2 unspecified atom stereocenters. The van der Waals surface area contributed by atoms with Gasteiger partial charge in [0.2, 0.25) is 0 Å². The molecule has 2 atom stereocenters. The summed E-state index contributed by atoms with van der Waals surface area (Å²) in [6, 6.07) is -0.0139. The smallest absolute Gasteiger partial charge is 0.0400 e. The Bertz CT molecular complexity index is 365. The Kier molecular flexibility index (Phi) is 4.47. The first kappa shape index (κ1) is 13.9. The first-order chi connectivity index (χ1) is 7.80. The highest BCUT2D eigenvalue weighted by Gasteiger charge is 2.19. The Balaban J connectivity index is 2.62. The van der Waals surface area contributed by atoms with Gasteiger partial charge in [0.25, 0.3) is 0 Å². The van der Waals surface area contributed by atoms with Gasteiger partial charge in [0.1, 0.15) is 0 Å². The number of hydrogen-bond donors (Lipinski definition) is 1. The molecule has 0 aromatic rings. The van der Waals surface area contributed by atoms with Crippen molar-refractivity contribution in [3.05, 3.63) is 36.1 Å². The first-order valence-electron chi connectivity index (χ1n) is 6.18. The normalized spacial score (nSPS) is 22.6. The molecule has 1 aliphatic rings. The van der Waals surface area contributed by atoms with Crippen molar-refractivity contribution in [2.45, 2.75) is 40.2 Å². The molecular formula is C15H24N2. The molecule has 0 heterocycles. The van der Waals surface area contributed by atoms with Crippen molar-refractivity contribution in [3.8, 4) is 0 Å². The topological polar surface area (TPSA) is 38.4 Å². The maximum atomic E-state index is 5.63. The van der Waals surface area contributed by atoms with Gasteiger partial charge >= 0.3 is 0 Å². The Hall–Kier alpha value is -1.15. The summed E-state index contributed by atoms with van der Waals surface area (Å²) in [4.78, 5) is 4.31. The van der Waals surface area contributed by atoms with Gasteiger partial charge < -0.3 is 5.73 Å². The third-order valence-electron chi connectivity index (χ3n) is 2.87. The van der Waals surface area contributed by atoms with Crippen LogP contribution in [0.4, 0.5) is 0 Å². The first-order valence-corrected chi connectivity index (χ1v) is 6.18. The molecule has 0 spiro atoms. The highest BCUT2D eigenvalue weighted by Crippen LogP contribution is 2.32. The van der Waals surface area contributed by atoms with Gasteiger partial charge in [-0.2, -0.15) is 0 Å². The van der Waals surface area contributed by atoms with Crippen LogP contribution in [0.15, 0.2) is 41.1 Å². The van der Waals surface area contributed by atoms with Gasteiger partial charge in [-0.1, -0.05) is 45.6 Å². The van der Waals surface area contributed by atoms with Crippen molar-refractivity contribution in [3.63, 3.8) is 0 Å². The van der Waals surface area contributed by atoms with Crippen molar-refractivity contribution in [2.24, 2.45) is 22.1 Å². The monoisotopic (exact) mass is 232 g/mol. The zero-order valence-electron chi connectivity index (χ0n) is 11.4. The molecule has 0 aromatic carbocycles. The zero-order valence-corrected chi connectivity index (χ0v) is 11.4. The fraction of sp³-hybridized carbons (Fsp3) is 0.533. The molecular weight excluding hydrogens is 208 g/mol. The van der Waals surface area contributed by atoms with Crippen LogP contribution < -0.4 is 5.73 Å². The second kappa shape index (κ2) is 5.46. The van der Waals surface area contributed by atoms with Crippen LogP contribution in [-0.2, 0) is 0 Å². The molecule has 2 nitrogen and oxygen atoms in total. The number of nitrogens with two attached hydrogens (primary N) is 1. The van der Waals surface area contributed by atoms with Crippen molar-refractivity contribution < 1.29 is 0 Å². The molecule has 1 rings (SSSR count). The fourth-order valence-corrected chi connectivity index (χ4v) is 1.73. The second-order valence-corrected chi connectivity index (χ2v) is 5.74. The van der Waals surface area contributed by atoms with Crippen molar-refractivity contribution in [1.29, 1.82) is 0 Å². The number of allylic oxidation sites excluding steroid dienone is 4. The lowest BCUT2D eigenvalue weighted by molar-refractivity contribution is 0.508. The van der Waals surface area contributed by atoms with E-state index in [4.69, 9.17) is 5.73 Å². The third-order valence-corrected chi connectivity index (χ3v) is 2.87. The summed E-state index contributed by atoms with van der Waals surface area (Å²) in [5.41, 5.74) is 8.13. The number of nitrogens with zero attached hydrogens (tertiary/aromatic N) is 1. The number of hydrogen-bond acceptors (Lipinski definition) is 2. The quantitative estimate of drug-likeness (QED) is 0.743. The Morgan fingerprint density at radius 1 is 1.59 bits per heavy atom. The van der Waals surface area contributed by atoms with E-state index in [-0.39, 0.29) is 11.5 Å². The average Bonchev–Trinajstić information content (AvgIpc) is 2.25. The minimum Gasteiger partial charge on any atom is -0.323 e. The lowest BCUT2D eigenvalue weighted by atomic mass is 9.81. The lowest BCUT2D eigenvalue weighted by Crippen LogP contribution is -2.16. The molecule has 0 saturated heterocycles. The van der Waals surface area contributed by atoms with E-state index in [1.54, 1.807) is 6.21 Å². The Morgan fingerprint density at radius 2 is 2.24 bits per heavy atom. The van der Waals surface area contributed by atoms with Gasteiger partial charge in [0, 0.05) is 23.9 Å². The SMILES string of the molecule is C=C(N=CC(C)N)C1C=CC(C(C)(C)C)=CC1. The molecule has 94 valence electrons. The molecule has 0 fully saturated rings. The molecule has 1 aliphatic carbocycles. The minimum absolute atomic E-state index is 0.0139. The summed E-state index contributed by atoms with van der Waals surface area (Å²) in [5.74, 6) is 0.316. The lowest BCUT2D eigenvalue weighted by Gasteiger charge is -2.25. The van der Waals surface area contributed by atoms with Crippen LogP contribution in [0.1, 0.15) is 34.1 Å². The second-order valence-electron chi connectivity index (χ2n) is 5.74. The molecule has 2 N–H and O–H groups in total. The molecule has 0 aliphatic heterocycles. The van der Waals surface area contributed by atoms with Crippen LogP contribution in [0.5, 0.6) is 0 Å². The van der Waals surface area contributed by atoms with Crippen LogP contribution >= 0.6 is 0 Å². The van der Waals surface area contributed by atoms with Gasteiger partial charge in [0.05, 0.1) is 0 Å². The fourth-order valence-electron chi connectivity index (χ4n) is 1.73. The van der Waals surface area contributed by atoms with E-state index in [9.17, 15) is 0 Å². The predicted molar refractivity (Wildman–Crippen MR) is 76.1 cm³/mol. The summed E-state index contributed by atoms with van der Waals surface area (Å²) in [5, 5.41) is 0. The summed E-state index contributed by atoms with van der Waals surface area (Å²) < 4.78 is 0. The van der Waals surface area contributed by atoms with Gasteiger partial charge in [-0.25, -0.2) is 0 Å². The zero-order chi connectivity index (χ0) is 13.1. The molecule has 17 heavy (non-hydrogen) atoms. The van der Waals surface area contributed by atoms with Gasteiger partial charge in [-0.15, -0.1) is 0 Å². The number of rotatable bonds is 3. The molecule has 0 radical (unpaired) electrons. The molecule has 0 bridgehead atoms. The van der Waals surface area contributed by atoms with Crippen molar-refractivity contribution >= 4 is 6.21 Å². The van der Waals surface area contributed by atoms with E-state index in [2.05, 4.69) is 50.6 Å². The van der Waals surface area contributed by atoms with Gasteiger partial charge in [-0.3, -0.25) is 4.99 Å². The molecule has 0 saturated carbocycles. The van der Waals surface area contributed by atoms with Crippen LogP contribution in [0, 0.1) is 11.3 Å². The van der Waals surface area contributed by atoms with Crippen molar-refractivity contribution in [1.82, 2.24) is 0 Å². The Morgan fingerprint density at radius 3 is 2.65 bits per heavy atom. The van der Waals surface area contributed by atoms with E-state index in [1.807, 2.05) is 6.92 Å². The summed E-state index contributed by atoms with van der Waals surface area (Å²) in [7, 11) is 0. The highest BCUT2D eigenvalue weighted by molar-refractivity contribution is 5.64. The standard InChI is InChI=1S/C15H24N2/c1-11(16)10-17-12(2)13-6-8-14(9-7-13)15(3,4)5/h6,8-11,13H,2,7,16H2,1,3-5H3. The third kappa shape index (κ3) is 4.31. The van der Waals surface area contributed by atoms with E-state index in [0.29, 0.717) is 5.92 Å². The molecule has 2 heteroatoms. The van der Waals surface area contributed by atoms with Gasteiger partial charge in [0.15, 0.2) is 0 Å². The van der Waals surface area contributed by atoms with Crippen LogP contribution in [0.3, 0.4) is 0 Å². The largest absolute Gasteiger partial charge is 0.323 e. The van der Waals surface area contributed by atoms with Crippen LogP contribution in [0.2, 0.25) is 0 Å². The van der Waals surface area contributed by atoms with Crippen LogP contribution in [-0.4, -0.2) is 12.3 Å². The van der Waals surface area contributed by atoms with E-state index in [1.165, 1.54) is 5.57 Å².